The Kier molecular flexibility index (Phi) is 5.14. The predicted octanol–water partition coefficient (Wildman–Crippen LogP) is 4.21. The molecule has 0 radical (unpaired) electrons. The highest BCUT2D eigenvalue weighted by molar-refractivity contribution is 9.10. The largest absolute Gasteiger partial charge is 0.435 e. The van der Waals surface area contributed by atoms with E-state index in [4.69, 9.17) is 0 Å². The van der Waals surface area contributed by atoms with Crippen molar-refractivity contribution in [1.82, 2.24) is 0 Å². The standard InChI is InChI=1S/C16H15BrF2N2O3S/c17-11-8-10-2-1-7-20-15(10)14(9-11)25(22,23)21-12-3-5-13(6-4-12)24-16(18)19/h3-6,8-9,16,20-21H,1-2,7H2. The minimum atomic E-state index is -3.84. The minimum absolute atomic E-state index is 0.0422. The van der Waals surface area contributed by atoms with Gasteiger partial charge >= 0.3 is 6.61 Å². The van der Waals surface area contributed by atoms with Crippen LogP contribution in [0.3, 0.4) is 0 Å². The van der Waals surface area contributed by atoms with Crippen LogP contribution in [-0.2, 0) is 16.4 Å². The molecular weight excluding hydrogens is 418 g/mol. The Morgan fingerprint density at radius 1 is 1.20 bits per heavy atom. The number of aryl methyl sites for hydroxylation is 1. The van der Waals surface area contributed by atoms with E-state index in [9.17, 15) is 17.2 Å². The van der Waals surface area contributed by atoms with Gasteiger partial charge in [-0.15, -0.1) is 0 Å². The fourth-order valence-electron chi connectivity index (χ4n) is 2.65. The zero-order valence-corrected chi connectivity index (χ0v) is 15.3. The van der Waals surface area contributed by atoms with Crippen molar-refractivity contribution in [2.45, 2.75) is 24.3 Å². The molecule has 1 aliphatic rings. The van der Waals surface area contributed by atoms with Gasteiger partial charge in [0.05, 0.1) is 5.69 Å². The van der Waals surface area contributed by atoms with E-state index in [0.29, 0.717) is 16.7 Å². The van der Waals surface area contributed by atoms with Crippen molar-refractivity contribution >= 4 is 37.3 Å². The van der Waals surface area contributed by atoms with Crippen molar-refractivity contribution in [3.63, 3.8) is 0 Å². The van der Waals surface area contributed by atoms with Gasteiger partial charge in [0.25, 0.3) is 10.0 Å². The second-order valence-electron chi connectivity index (χ2n) is 5.48. The monoisotopic (exact) mass is 432 g/mol. The van der Waals surface area contributed by atoms with E-state index < -0.39 is 16.6 Å². The molecule has 3 rings (SSSR count). The molecule has 0 saturated heterocycles. The smallest absolute Gasteiger partial charge is 0.387 e. The number of hydrogen-bond donors (Lipinski definition) is 2. The third kappa shape index (κ3) is 4.21. The number of hydrogen-bond acceptors (Lipinski definition) is 4. The van der Waals surface area contributed by atoms with Gasteiger partial charge in [-0.3, -0.25) is 4.72 Å². The quantitative estimate of drug-likeness (QED) is 0.742. The molecule has 0 fully saturated rings. The average molecular weight is 433 g/mol. The minimum Gasteiger partial charge on any atom is -0.435 e. The van der Waals surface area contributed by atoms with E-state index in [-0.39, 0.29) is 16.3 Å². The molecule has 0 unspecified atom stereocenters. The summed E-state index contributed by atoms with van der Waals surface area (Å²) in [7, 11) is -3.84. The van der Waals surface area contributed by atoms with E-state index in [1.54, 1.807) is 0 Å². The first-order chi connectivity index (χ1) is 11.8. The normalized spacial score (nSPS) is 13.9. The molecule has 1 heterocycles. The van der Waals surface area contributed by atoms with Gasteiger partial charge in [-0.25, -0.2) is 8.42 Å². The van der Waals surface area contributed by atoms with E-state index in [1.807, 2.05) is 6.07 Å². The Morgan fingerprint density at radius 2 is 1.92 bits per heavy atom. The first-order valence-electron chi connectivity index (χ1n) is 7.49. The zero-order chi connectivity index (χ0) is 18.0. The maximum Gasteiger partial charge on any atom is 0.387 e. The van der Waals surface area contributed by atoms with Crippen molar-refractivity contribution in [1.29, 1.82) is 0 Å². The van der Waals surface area contributed by atoms with Crippen LogP contribution in [0.2, 0.25) is 0 Å². The lowest BCUT2D eigenvalue weighted by atomic mass is 10.0. The second kappa shape index (κ2) is 7.17. The van der Waals surface area contributed by atoms with Crippen LogP contribution in [-0.4, -0.2) is 21.6 Å². The molecule has 0 aromatic heterocycles. The lowest BCUT2D eigenvalue weighted by molar-refractivity contribution is -0.0498. The summed E-state index contributed by atoms with van der Waals surface area (Å²) >= 11 is 3.34. The fraction of sp³-hybridized carbons (Fsp3) is 0.250. The Hall–Kier alpha value is -1.87. The Balaban J connectivity index is 1.89. The van der Waals surface area contributed by atoms with E-state index >= 15 is 0 Å². The van der Waals surface area contributed by atoms with Crippen molar-refractivity contribution in [2.75, 3.05) is 16.6 Å². The van der Waals surface area contributed by atoms with Crippen LogP contribution in [0.15, 0.2) is 45.8 Å². The first kappa shape index (κ1) is 17.9. The summed E-state index contributed by atoms with van der Waals surface area (Å²) < 4.78 is 57.2. The maximum absolute atomic E-state index is 12.8. The van der Waals surface area contributed by atoms with Gasteiger partial charge in [0.15, 0.2) is 0 Å². The topological polar surface area (TPSA) is 67.4 Å². The molecule has 25 heavy (non-hydrogen) atoms. The highest BCUT2D eigenvalue weighted by Crippen LogP contribution is 2.34. The van der Waals surface area contributed by atoms with Crippen LogP contribution in [0.5, 0.6) is 5.75 Å². The summed E-state index contributed by atoms with van der Waals surface area (Å²) in [6.45, 7) is -2.22. The van der Waals surface area contributed by atoms with Crippen LogP contribution in [0.4, 0.5) is 20.2 Å². The third-order valence-corrected chi connectivity index (χ3v) is 5.56. The first-order valence-corrected chi connectivity index (χ1v) is 9.77. The SMILES string of the molecule is O=S(=O)(Nc1ccc(OC(F)F)cc1)c1cc(Br)cc2c1NCCC2. The summed E-state index contributed by atoms with van der Waals surface area (Å²) in [5.41, 5.74) is 1.78. The van der Waals surface area contributed by atoms with Crippen molar-refractivity contribution < 1.29 is 21.9 Å². The Bertz CT molecular complexity index is 874. The molecule has 5 nitrogen and oxygen atoms in total. The van der Waals surface area contributed by atoms with Gasteiger partial charge in [0, 0.05) is 16.7 Å². The molecule has 0 aliphatic carbocycles. The lowest BCUT2D eigenvalue weighted by Gasteiger charge is -2.22. The summed E-state index contributed by atoms with van der Waals surface area (Å²) in [5, 5.41) is 3.14. The summed E-state index contributed by atoms with van der Waals surface area (Å²) in [4.78, 5) is 0.143. The number of sulfonamides is 1. The van der Waals surface area contributed by atoms with Gasteiger partial charge in [0.2, 0.25) is 0 Å². The predicted molar refractivity (Wildman–Crippen MR) is 94.8 cm³/mol. The number of ether oxygens (including phenoxy) is 1. The summed E-state index contributed by atoms with van der Waals surface area (Å²) in [6, 6.07) is 8.72. The summed E-state index contributed by atoms with van der Waals surface area (Å²) in [6.07, 6.45) is 1.73. The van der Waals surface area contributed by atoms with Crippen LogP contribution >= 0.6 is 15.9 Å². The Labute approximate surface area is 152 Å². The molecule has 134 valence electrons. The fourth-order valence-corrected chi connectivity index (χ4v) is 4.62. The van der Waals surface area contributed by atoms with Crippen LogP contribution in [0, 0.1) is 0 Å². The number of alkyl halides is 2. The van der Waals surface area contributed by atoms with E-state index in [2.05, 4.69) is 30.7 Å². The maximum atomic E-state index is 12.8. The third-order valence-electron chi connectivity index (χ3n) is 3.69. The molecule has 0 saturated carbocycles. The second-order valence-corrected chi connectivity index (χ2v) is 8.04. The molecule has 0 amide bonds. The summed E-state index contributed by atoms with van der Waals surface area (Å²) in [5.74, 6) is -0.0422. The number of benzene rings is 2. The highest BCUT2D eigenvalue weighted by atomic mass is 79.9. The lowest BCUT2D eigenvalue weighted by Crippen LogP contribution is -2.19. The van der Waals surface area contributed by atoms with Gasteiger partial charge in [-0.1, -0.05) is 15.9 Å². The number of anilines is 2. The van der Waals surface area contributed by atoms with Crippen LogP contribution in [0.25, 0.3) is 0 Å². The van der Waals surface area contributed by atoms with E-state index in [1.165, 1.54) is 30.3 Å². The van der Waals surface area contributed by atoms with Crippen molar-refractivity contribution in [3.8, 4) is 5.75 Å². The van der Waals surface area contributed by atoms with Crippen LogP contribution < -0.4 is 14.8 Å². The molecule has 9 heteroatoms. The van der Waals surface area contributed by atoms with Gasteiger partial charge in [-0.2, -0.15) is 8.78 Å². The number of rotatable bonds is 5. The molecule has 0 bridgehead atoms. The molecule has 2 aromatic rings. The van der Waals surface area contributed by atoms with Gasteiger partial charge in [0.1, 0.15) is 10.6 Å². The van der Waals surface area contributed by atoms with Crippen LogP contribution in [0.1, 0.15) is 12.0 Å². The van der Waals surface area contributed by atoms with Gasteiger partial charge in [-0.05, 0) is 54.8 Å². The molecule has 0 atom stereocenters. The van der Waals surface area contributed by atoms with Gasteiger partial charge < -0.3 is 10.1 Å². The Morgan fingerprint density at radius 3 is 2.60 bits per heavy atom. The van der Waals surface area contributed by atoms with E-state index in [0.717, 1.165) is 18.4 Å². The molecule has 1 aliphatic heterocycles. The molecule has 2 aromatic carbocycles. The molecule has 2 N–H and O–H groups in total. The number of fused-ring (bicyclic) bond motifs is 1. The molecular formula is C16H15BrF2N2O3S. The van der Waals surface area contributed by atoms with Crippen molar-refractivity contribution in [2.24, 2.45) is 0 Å². The number of nitrogens with one attached hydrogen (secondary N) is 2. The zero-order valence-electron chi connectivity index (χ0n) is 12.9. The average Bonchev–Trinajstić information content (AvgIpc) is 2.55. The van der Waals surface area contributed by atoms with Crippen molar-refractivity contribution in [3.05, 3.63) is 46.4 Å². The highest BCUT2D eigenvalue weighted by Gasteiger charge is 2.24. The number of halogens is 3. The molecule has 0 spiro atoms.